The van der Waals surface area contributed by atoms with Gasteiger partial charge in [-0.1, -0.05) is 6.07 Å². The zero-order chi connectivity index (χ0) is 19.4. The maximum absolute atomic E-state index is 13.2. The Morgan fingerprint density at radius 2 is 1.85 bits per heavy atom. The summed E-state index contributed by atoms with van der Waals surface area (Å²) in [5.74, 6) is -2.89. The summed E-state index contributed by atoms with van der Waals surface area (Å²) in [7, 11) is 0. The Morgan fingerprint density at radius 1 is 1.07 bits per heavy atom. The number of fused-ring (bicyclic) bond motifs is 1. The van der Waals surface area contributed by atoms with Crippen LogP contribution in [-0.4, -0.2) is 24.6 Å². The molecule has 0 aliphatic heterocycles. The van der Waals surface area contributed by atoms with Crippen molar-refractivity contribution in [3.63, 3.8) is 0 Å². The van der Waals surface area contributed by atoms with E-state index >= 15 is 0 Å². The first kappa shape index (κ1) is 18.8. The molecule has 142 valence electrons. The van der Waals surface area contributed by atoms with Crippen molar-refractivity contribution in [2.75, 3.05) is 11.9 Å². The van der Waals surface area contributed by atoms with E-state index in [0.717, 1.165) is 31.4 Å². The van der Waals surface area contributed by atoms with Crippen molar-refractivity contribution < 1.29 is 27.8 Å². The molecular weight excluding hydrogens is 356 g/mol. The number of anilines is 1. The van der Waals surface area contributed by atoms with E-state index in [9.17, 15) is 18.4 Å². The minimum absolute atomic E-state index is 0.0659. The Balaban J connectivity index is 1.48. The minimum Gasteiger partial charge on any atom is -0.482 e. The number of aryl methyl sites for hydroxylation is 2. The minimum atomic E-state index is -1.12. The third-order valence-electron chi connectivity index (χ3n) is 4.29. The van der Waals surface area contributed by atoms with Gasteiger partial charge in [-0.25, -0.2) is 13.6 Å². The summed E-state index contributed by atoms with van der Waals surface area (Å²) < 4.78 is 36.5. The predicted molar refractivity (Wildman–Crippen MR) is 94.5 cm³/mol. The van der Waals surface area contributed by atoms with E-state index in [4.69, 9.17) is 9.47 Å². The molecule has 2 aromatic carbocycles. The van der Waals surface area contributed by atoms with Crippen LogP contribution in [0.1, 0.15) is 24.5 Å². The molecule has 0 spiro atoms. The normalized spacial score (nSPS) is 13.6. The lowest BCUT2D eigenvalue weighted by Crippen LogP contribution is -2.31. The number of amides is 1. The number of carbonyl (C=O) groups excluding carboxylic acids is 2. The fourth-order valence-electron chi connectivity index (χ4n) is 2.88. The summed E-state index contributed by atoms with van der Waals surface area (Å²) in [6.07, 6.45) is 2.06. The maximum Gasteiger partial charge on any atom is 0.344 e. The molecule has 0 saturated carbocycles. The molecule has 3 rings (SSSR count). The summed E-state index contributed by atoms with van der Waals surface area (Å²) >= 11 is 0. The first-order valence-corrected chi connectivity index (χ1v) is 8.62. The van der Waals surface area contributed by atoms with Crippen molar-refractivity contribution in [1.82, 2.24) is 0 Å². The standard InChI is InChI=1S/C20H19F2NO4/c1-12(20(25)23-15-6-8-17(21)18(22)10-15)27-19(24)11-26-16-7-5-13-3-2-4-14(13)9-16/h5-10,12H,2-4,11H2,1H3,(H,23,25)/t12-/m0/s1. The first-order chi connectivity index (χ1) is 12.9. The van der Waals surface area contributed by atoms with Gasteiger partial charge in [0.05, 0.1) is 0 Å². The van der Waals surface area contributed by atoms with Crippen LogP contribution in [0.15, 0.2) is 36.4 Å². The zero-order valence-electron chi connectivity index (χ0n) is 14.8. The number of rotatable bonds is 6. The molecule has 1 aliphatic rings. The molecule has 1 atom stereocenters. The maximum atomic E-state index is 13.2. The molecule has 0 radical (unpaired) electrons. The molecule has 1 amide bonds. The molecule has 27 heavy (non-hydrogen) atoms. The van der Waals surface area contributed by atoms with Crippen LogP contribution >= 0.6 is 0 Å². The van der Waals surface area contributed by atoms with Crippen LogP contribution < -0.4 is 10.1 Å². The van der Waals surface area contributed by atoms with Gasteiger partial charge in [-0.2, -0.15) is 0 Å². The van der Waals surface area contributed by atoms with Crippen LogP contribution in [0.4, 0.5) is 14.5 Å². The molecule has 7 heteroatoms. The summed E-state index contributed by atoms with van der Waals surface area (Å²) in [5, 5.41) is 2.35. The quantitative estimate of drug-likeness (QED) is 0.786. The van der Waals surface area contributed by atoms with Gasteiger partial charge in [0.15, 0.2) is 24.3 Å². The highest BCUT2D eigenvalue weighted by Gasteiger charge is 2.19. The summed E-state index contributed by atoms with van der Waals surface area (Å²) in [4.78, 5) is 23.9. The number of benzene rings is 2. The van der Waals surface area contributed by atoms with E-state index < -0.39 is 29.6 Å². The van der Waals surface area contributed by atoms with Crippen LogP contribution in [0.3, 0.4) is 0 Å². The molecule has 1 aliphatic carbocycles. The molecule has 2 aromatic rings. The lowest BCUT2D eigenvalue weighted by Gasteiger charge is -2.14. The molecule has 0 fully saturated rings. The monoisotopic (exact) mass is 375 g/mol. The third kappa shape index (κ3) is 4.81. The average Bonchev–Trinajstić information content (AvgIpc) is 3.10. The molecule has 0 saturated heterocycles. The molecule has 0 aromatic heterocycles. The van der Waals surface area contributed by atoms with E-state index in [1.165, 1.54) is 24.1 Å². The van der Waals surface area contributed by atoms with Gasteiger partial charge >= 0.3 is 5.97 Å². The lowest BCUT2D eigenvalue weighted by molar-refractivity contribution is -0.155. The second-order valence-electron chi connectivity index (χ2n) is 6.32. The second kappa shape index (κ2) is 8.16. The number of hydrogen-bond donors (Lipinski definition) is 1. The fraction of sp³-hybridized carbons (Fsp3) is 0.300. The van der Waals surface area contributed by atoms with Crippen LogP contribution in [0.25, 0.3) is 0 Å². The number of nitrogens with one attached hydrogen (secondary N) is 1. The molecular formula is C20H19F2NO4. The van der Waals surface area contributed by atoms with E-state index in [-0.39, 0.29) is 12.3 Å². The molecule has 0 bridgehead atoms. The van der Waals surface area contributed by atoms with Gasteiger partial charge in [0.25, 0.3) is 5.91 Å². The molecule has 1 N–H and O–H groups in total. The SMILES string of the molecule is C[C@H](OC(=O)COc1ccc2c(c1)CCC2)C(=O)Nc1ccc(F)c(F)c1. The fourth-order valence-corrected chi connectivity index (χ4v) is 2.88. The molecule has 0 heterocycles. The van der Waals surface area contributed by atoms with Gasteiger partial charge in [0.2, 0.25) is 0 Å². The van der Waals surface area contributed by atoms with Gasteiger partial charge in [-0.3, -0.25) is 4.79 Å². The third-order valence-corrected chi connectivity index (χ3v) is 4.29. The Labute approximate surface area is 155 Å². The van der Waals surface area contributed by atoms with Crippen LogP contribution in [0.5, 0.6) is 5.75 Å². The average molecular weight is 375 g/mol. The summed E-state index contributed by atoms with van der Waals surface area (Å²) in [6.45, 7) is 1.05. The van der Waals surface area contributed by atoms with Gasteiger partial charge in [-0.05, 0) is 61.6 Å². The number of hydrogen-bond acceptors (Lipinski definition) is 4. The highest BCUT2D eigenvalue weighted by atomic mass is 19.2. The van der Waals surface area contributed by atoms with Crippen LogP contribution in [0, 0.1) is 11.6 Å². The second-order valence-corrected chi connectivity index (χ2v) is 6.32. The van der Waals surface area contributed by atoms with Crippen molar-refractivity contribution in [2.45, 2.75) is 32.3 Å². The van der Waals surface area contributed by atoms with Crippen LogP contribution in [0.2, 0.25) is 0 Å². The zero-order valence-corrected chi connectivity index (χ0v) is 14.8. The predicted octanol–water partition coefficient (Wildman–Crippen LogP) is 3.40. The van der Waals surface area contributed by atoms with Crippen molar-refractivity contribution in [2.24, 2.45) is 0 Å². The summed E-state index contributed by atoms with van der Waals surface area (Å²) in [6, 6.07) is 8.65. The topological polar surface area (TPSA) is 64.6 Å². The number of ether oxygens (including phenoxy) is 2. The van der Waals surface area contributed by atoms with Gasteiger partial charge < -0.3 is 14.8 Å². The highest BCUT2D eigenvalue weighted by Crippen LogP contribution is 2.26. The van der Waals surface area contributed by atoms with E-state index in [2.05, 4.69) is 5.32 Å². The number of esters is 1. The summed E-state index contributed by atoms with van der Waals surface area (Å²) in [5.41, 5.74) is 2.59. The van der Waals surface area contributed by atoms with Crippen molar-refractivity contribution in [3.8, 4) is 5.75 Å². The van der Waals surface area contributed by atoms with Gasteiger partial charge in [0, 0.05) is 11.8 Å². The smallest absolute Gasteiger partial charge is 0.344 e. The van der Waals surface area contributed by atoms with Gasteiger partial charge in [-0.15, -0.1) is 0 Å². The Bertz CT molecular complexity index is 869. The van der Waals surface area contributed by atoms with E-state index in [0.29, 0.717) is 5.75 Å². The first-order valence-electron chi connectivity index (χ1n) is 8.62. The van der Waals surface area contributed by atoms with Crippen molar-refractivity contribution in [1.29, 1.82) is 0 Å². The van der Waals surface area contributed by atoms with Crippen molar-refractivity contribution >= 4 is 17.6 Å². The molecule has 0 unspecified atom stereocenters. The Morgan fingerprint density at radius 3 is 2.63 bits per heavy atom. The van der Waals surface area contributed by atoms with E-state index in [1.807, 2.05) is 12.1 Å². The largest absolute Gasteiger partial charge is 0.482 e. The molecule has 5 nitrogen and oxygen atoms in total. The number of carbonyl (C=O) groups is 2. The lowest BCUT2D eigenvalue weighted by atomic mass is 10.1. The Kier molecular flexibility index (Phi) is 5.69. The Hall–Kier alpha value is -2.96. The van der Waals surface area contributed by atoms with E-state index in [1.54, 1.807) is 6.07 Å². The highest BCUT2D eigenvalue weighted by molar-refractivity contribution is 5.95. The van der Waals surface area contributed by atoms with Gasteiger partial charge in [0.1, 0.15) is 5.75 Å². The van der Waals surface area contributed by atoms with Crippen molar-refractivity contribution in [3.05, 3.63) is 59.2 Å². The van der Waals surface area contributed by atoms with Crippen LogP contribution in [-0.2, 0) is 27.2 Å². The number of halogens is 2.